The van der Waals surface area contributed by atoms with Gasteiger partial charge in [0.15, 0.2) is 0 Å². The smallest absolute Gasteiger partial charge is 0.147 e. The third-order valence-electron chi connectivity index (χ3n) is 2.53. The standard InChI is InChI=1S/C13H10BrFN2S/c1-17(7-10-5-13(14)18-8-10)12-3-2-9(6-16)4-11(12)15/h2-5,8H,7H2,1H3. The van der Waals surface area contributed by atoms with Crippen molar-refractivity contribution in [2.45, 2.75) is 6.54 Å². The van der Waals surface area contributed by atoms with E-state index in [9.17, 15) is 4.39 Å². The largest absolute Gasteiger partial charge is 0.368 e. The molecule has 1 aromatic heterocycles. The average Bonchev–Trinajstić information content (AvgIpc) is 2.74. The first-order valence-electron chi connectivity index (χ1n) is 5.24. The van der Waals surface area contributed by atoms with Crippen LogP contribution < -0.4 is 4.90 Å². The number of rotatable bonds is 3. The van der Waals surface area contributed by atoms with Crippen molar-refractivity contribution in [3.63, 3.8) is 0 Å². The summed E-state index contributed by atoms with van der Waals surface area (Å²) in [5, 5.41) is 10.7. The second-order valence-corrected chi connectivity index (χ2v) is 6.18. The molecule has 0 unspecified atom stereocenters. The molecule has 0 spiro atoms. The summed E-state index contributed by atoms with van der Waals surface area (Å²) in [7, 11) is 1.83. The number of thiophene rings is 1. The van der Waals surface area contributed by atoms with Gasteiger partial charge in [0.05, 0.1) is 21.1 Å². The molecule has 0 amide bonds. The number of benzene rings is 1. The van der Waals surface area contributed by atoms with Crippen molar-refractivity contribution in [2.75, 3.05) is 11.9 Å². The third kappa shape index (κ3) is 2.89. The van der Waals surface area contributed by atoms with Crippen molar-refractivity contribution in [3.8, 4) is 6.07 Å². The summed E-state index contributed by atoms with van der Waals surface area (Å²) in [6.07, 6.45) is 0. The zero-order valence-corrected chi connectivity index (χ0v) is 12.1. The second kappa shape index (κ2) is 5.51. The molecule has 92 valence electrons. The summed E-state index contributed by atoms with van der Waals surface area (Å²) in [4.78, 5) is 1.82. The van der Waals surface area contributed by atoms with Crippen molar-refractivity contribution >= 4 is 33.0 Å². The summed E-state index contributed by atoms with van der Waals surface area (Å²) in [6, 6.07) is 8.46. The van der Waals surface area contributed by atoms with Gasteiger partial charge in [-0.25, -0.2) is 4.39 Å². The van der Waals surface area contributed by atoms with Gasteiger partial charge in [-0.15, -0.1) is 11.3 Å². The first-order chi connectivity index (χ1) is 8.60. The molecule has 2 aromatic rings. The Morgan fingerprint density at radius 1 is 1.44 bits per heavy atom. The number of nitrogens with zero attached hydrogens (tertiary/aromatic N) is 2. The zero-order valence-electron chi connectivity index (χ0n) is 9.65. The molecular weight excluding hydrogens is 315 g/mol. The molecule has 0 aliphatic carbocycles. The third-order valence-corrected chi connectivity index (χ3v) is 4.08. The quantitative estimate of drug-likeness (QED) is 0.847. The van der Waals surface area contributed by atoms with Gasteiger partial charge in [0.1, 0.15) is 5.82 Å². The minimum Gasteiger partial charge on any atom is -0.368 e. The molecule has 0 atom stereocenters. The predicted octanol–water partition coefficient (Wildman–Crippen LogP) is 4.16. The van der Waals surface area contributed by atoms with E-state index in [0.717, 1.165) is 9.35 Å². The molecule has 2 nitrogen and oxygen atoms in total. The van der Waals surface area contributed by atoms with Crippen molar-refractivity contribution in [1.82, 2.24) is 0 Å². The lowest BCUT2D eigenvalue weighted by atomic mass is 10.2. The Hall–Kier alpha value is -1.38. The second-order valence-electron chi connectivity index (χ2n) is 3.89. The van der Waals surface area contributed by atoms with Crippen LogP contribution in [0.3, 0.4) is 0 Å². The summed E-state index contributed by atoms with van der Waals surface area (Å²) < 4.78 is 14.9. The fraction of sp³-hybridized carbons (Fsp3) is 0.154. The number of hydrogen-bond acceptors (Lipinski definition) is 3. The molecule has 0 N–H and O–H groups in total. The molecule has 0 fully saturated rings. The van der Waals surface area contributed by atoms with E-state index < -0.39 is 0 Å². The Labute approximate surface area is 117 Å². The fourth-order valence-electron chi connectivity index (χ4n) is 1.67. The minimum atomic E-state index is -0.370. The molecule has 0 saturated heterocycles. The van der Waals surface area contributed by atoms with E-state index in [1.165, 1.54) is 6.07 Å². The van der Waals surface area contributed by atoms with Gasteiger partial charge < -0.3 is 4.90 Å². The molecular formula is C13H10BrFN2S. The van der Waals surface area contributed by atoms with Gasteiger partial charge in [0.2, 0.25) is 0 Å². The molecule has 0 bridgehead atoms. The van der Waals surface area contributed by atoms with Crippen LogP contribution in [0.25, 0.3) is 0 Å². The number of hydrogen-bond donors (Lipinski definition) is 0. The normalized spacial score (nSPS) is 10.1. The van der Waals surface area contributed by atoms with Gasteiger partial charge in [0, 0.05) is 13.6 Å². The molecule has 0 aliphatic heterocycles. The van der Waals surface area contributed by atoms with Crippen molar-refractivity contribution in [1.29, 1.82) is 5.26 Å². The van der Waals surface area contributed by atoms with E-state index in [0.29, 0.717) is 17.8 Å². The van der Waals surface area contributed by atoms with E-state index in [1.54, 1.807) is 23.5 Å². The summed E-state index contributed by atoms with van der Waals surface area (Å²) in [5.41, 5.74) is 1.96. The molecule has 0 aliphatic rings. The van der Waals surface area contributed by atoms with Crippen LogP contribution in [0, 0.1) is 17.1 Å². The summed E-state index contributed by atoms with van der Waals surface area (Å²) in [5.74, 6) is -0.370. The highest BCUT2D eigenvalue weighted by Gasteiger charge is 2.09. The van der Waals surface area contributed by atoms with Gasteiger partial charge in [-0.3, -0.25) is 0 Å². The molecule has 0 radical (unpaired) electrons. The zero-order chi connectivity index (χ0) is 13.1. The molecule has 18 heavy (non-hydrogen) atoms. The van der Waals surface area contributed by atoms with E-state index in [-0.39, 0.29) is 5.82 Å². The maximum Gasteiger partial charge on any atom is 0.147 e. The van der Waals surface area contributed by atoms with Gasteiger partial charge in [-0.1, -0.05) is 0 Å². The molecule has 1 heterocycles. The highest BCUT2D eigenvalue weighted by molar-refractivity contribution is 9.11. The molecule has 0 saturated carbocycles. The fourth-order valence-corrected chi connectivity index (χ4v) is 2.87. The van der Waals surface area contributed by atoms with Crippen molar-refractivity contribution < 1.29 is 4.39 Å². The molecule has 2 rings (SSSR count). The Bertz CT molecular complexity index is 603. The van der Waals surface area contributed by atoms with Crippen LogP contribution in [0.1, 0.15) is 11.1 Å². The van der Waals surface area contributed by atoms with Crippen LogP contribution in [0.2, 0.25) is 0 Å². The summed E-state index contributed by atoms with van der Waals surface area (Å²) >= 11 is 5.01. The lowest BCUT2D eigenvalue weighted by molar-refractivity contribution is 0.622. The van der Waals surface area contributed by atoms with Crippen molar-refractivity contribution in [2.24, 2.45) is 0 Å². The van der Waals surface area contributed by atoms with E-state index in [2.05, 4.69) is 15.9 Å². The van der Waals surface area contributed by atoms with Crippen LogP contribution in [0.15, 0.2) is 33.4 Å². The van der Waals surface area contributed by atoms with E-state index >= 15 is 0 Å². The van der Waals surface area contributed by atoms with E-state index in [4.69, 9.17) is 5.26 Å². The first-order valence-corrected chi connectivity index (χ1v) is 6.91. The number of anilines is 1. The Morgan fingerprint density at radius 3 is 2.78 bits per heavy atom. The highest BCUT2D eigenvalue weighted by atomic mass is 79.9. The average molecular weight is 325 g/mol. The van der Waals surface area contributed by atoms with E-state index in [1.807, 2.05) is 29.5 Å². The van der Waals surface area contributed by atoms with Gasteiger partial charge in [-0.2, -0.15) is 5.26 Å². The first kappa shape index (κ1) is 13.1. The monoisotopic (exact) mass is 324 g/mol. The number of nitriles is 1. The van der Waals surface area contributed by atoms with Gasteiger partial charge >= 0.3 is 0 Å². The Kier molecular flexibility index (Phi) is 4.00. The SMILES string of the molecule is CN(Cc1csc(Br)c1)c1ccc(C#N)cc1F. The molecule has 5 heteroatoms. The molecule has 1 aromatic carbocycles. The van der Waals surface area contributed by atoms with Crippen LogP contribution >= 0.6 is 27.3 Å². The Morgan fingerprint density at radius 2 is 2.22 bits per heavy atom. The number of halogens is 2. The van der Waals surface area contributed by atoms with Crippen molar-refractivity contribution in [3.05, 3.63) is 50.4 Å². The van der Waals surface area contributed by atoms with Gasteiger partial charge in [0.25, 0.3) is 0 Å². The summed E-state index contributed by atoms with van der Waals surface area (Å²) in [6.45, 7) is 0.630. The highest BCUT2D eigenvalue weighted by Crippen LogP contribution is 2.25. The van der Waals surface area contributed by atoms with Gasteiger partial charge in [-0.05, 0) is 51.1 Å². The topological polar surface area (TPSA) is 27.0 Å². The predicted molar refractivity (Wildman–Crippen MR) is 75.2 cm³/mol. The maximum atomic E-state index is 13.8. The van der Waals surface area contributed by atoms with Crippen LogP contribution in [-0.2, 0) is 6.54 Å². The van der Waals surface area contributed by atoms with Crippen LogP contribution in [-0.4, -0.2) is 7.05 Å². The van der Waals surface area contributed by atoms with Crippen LogP contribution in [0.5, 0.6) is 0 Å². The maximum absolute atomic E-state index is 13.8. The van der Waals surface area contributed by atoms with Crippen LogP contribution in [0.4, 0.5) is 10.1 Å². The Balaban J connectivity index is 2.19. The minimum absolute atomic E-state index is 0.336. The lowest BCUT2D eigenvalue weighted by Gasteiger charge is -2.19. The lowest BCUT2D eigenvalue weighted by Crippen LogP contribution is -2.17.